The van der Waals surface area contributed by atoms with Crippen LogP contribution in [0.25, 0.3) is 0 Å². The van der Waals surface area contributed by atoms with Crippen molar-refractivity contribution in [1.29, 1.82) is 0 Å². The van der Waals surface area contributed by atoms with Gasteiger partial charge in [0.1, 0.15) is 5.82 Å². The molecule has 0 unspecified atom stereocenters. The molecule has 4 nitrogen and oxygen atoms in total. The predicted octanol–water partition coefficient (Wildman–Crippen LogP) is 3.12. The molecular formula is C16H13FO4. The number of halogens is 1. The van der Waals surface area contributed by atoms with Gasteiger partial charge in [-0.25, -0.2) is 14.0 Å². The normalized spacial score (nSPS) is 10.4. The molecule has 5 heteroatoms. The molecule has 0 aliphatic heterocycles. The van der Waals surface area contributed by atoms with Gasteiger partial charge in [0, 0.05) is 0 Å². The molecule has 2 aromatic carbocycles. The van der Waals surface area contributed by atoms with Crippen molar-refractivity contribution in [2.75, 3.05) is 0 Å². The molecule has 2 rings (SSSR count). The van der Waals surface area contributed by atoms with Crippen molar-refractivity contribution < 1.29 is 24.2 Å². The van der Waals surface area contributed by atoms with Crippen LogP contribution in [0, 0.1) is 12.7 Å². The van der Waals surface area contributed by atoms with Crippen molar-refractivity contribution in [3.8, 4) is 0 Å². The smallest absolute Gasteiger partial charge is 0.336 e. The Kier molecular flexibility index (Phi) is 4.03. The first-order valence-electron chi connectivity index (χ1n) is 6.23. The topological polar surface area (TPSA) is 74.6 Å². The summed E-state index contributed by atoms with van der Waals surface area (Å²) >= 11 is 0. The van der Waals surface area contributed by atoms with Crippen LogP contribution in [0.2, 0.25) is 0 Å². The summed E-state index contributed by atoms with van der Waals surface area (Å²) < 4.78 is 13.5. The standard InChI is InChI=1S/C16H13FO4/c1-9-10(3-2-4-14(9)17)7-11-5-6-12(15(18)19)8-13(11)16(20)21/h2-6,8H,7H2,1H3,(H,18,19)(H,20,21). The Labute approximate surface area is 120 Å². The maximum absolute atomic E-state index is 13.5. The number of carbonyl (C=O) groups is 2. The van der Waals surface area contributed by atoms with Crippen molar-refractivity contribution >= 4 is 11.9 Å². The van der Waals surface area contributed by atoms with Crippen LogP contribution in [0.5, 0.6) is 0 Å². The molecule has 0 saturated carbocycles. The molecule has 0 saturated heterocycles. The Bertz CT molecular complexity index is 722. The van der Waals surface area contributed by atoms with Crippen molar-refractivity contribution in [1.82, 2.24) is 0 Å². The Morgan fingerprint density at radius 2 is 1.76 bits per heavy atom. The van der Waals surface area contributed by atoms with E-state index in [1.165, 1.54) is 18.2 Å². The van der Waals surface area contributed by atoms with Gasteiger partial charge in [-0.05, 0) is 48.2 Å². The lowest BCUT2D eigenvalue weighted by atomic mass is 9.95. The maximum atomic E-state index is 13.5. The van der Waals surface area contributed by atoms with E-state index < -0.39 is 11.9 Å². The average molecular weight is 288 g/mol. The van der Waals surface area contributed by atoms with E-state index >= 15 is 0 Å². The third-order valence-corrected chi connectivity index (χ3v) is 3.35. The summed E-state index contributed by atoms with van der Waals surface area (Å²) in [6.07, 6.45) is 0.227. The summed E-state index contributed by atoms with van der Waals surface area (Å²) in [6, 6.07) is 8.54. The molecule has 0 amide bonds. The second-order valence-corrected chi connectivity index (χ2v) is 4.68. The van der Waals surface area contributed by atoms with Gasteiger partial charge in [0.2, 0.25) is 0 Å². The second-order valence-electron chi connectivity index (χ2n) is 4.68. The van der Waals surface area contributed by atoms with Crippen LogP contribution in [0.4, 0.5) is 4.39 Å². The van der Waals surface area contributed by atoms with Gasteiger partial charge in [-0.2, -0.15) is 0 Å². The molecule has 108 valence electrons. The Balaban J connectivity index is 2.46. The van der Waals surface area contributed by atoms with Crippen LogP contribution in [0.1, 0.15) is 37.4 Å². The molecular weight excluding hydrogens is 275 g/mol. The fourth-order valence-corrected chi connectivity index (χ4v) is 2.11. The molecule has 0 fully saturated rings. The summed E-state index contributed by atoms with van der Waals surface area (Å²) in [5, 5.41) is 18.1. The van der Waals surface area contributed by atoms with Gasteiger partial charge >= 0.3 is 11.9 Å². The first-order valence-corrected chi connectivity index (χ1v) is 6.23. The molecule has 0 spiro atoms. The number of carboxylic acids is 2. The Morgan fingerprint density at radius 3 is 2.38 bits per heavy atom. The molecule has 0 heterocycles. The van der Waals surface area contributed by atoms with Crippen LogP contribution in [0.3, 0.4) is 0 Å². The Hall–Kier alpha value is -2.69. The van der Waals surface area contributed by atoms with E-state index in [4.69, 9.17) is 5.11 Å². The van der Waals surface area contributed by atoms with Gasteiger partial charge in [-0.15, -0.1) is 0 Å². The highest BCUT2D eigenvalue weighted by Gasteiger charge is 2.15. The number of hydrogen-bond acceptors (Lipinski definition) is 2. The number of benzene rings is 2. The first kappa shape index (κ1) is 14.7. The van der Waals surface area contributed by atoms with Crippen molar-refractivity contribution in [3.05, 3.63) is 70.0 Å². The number of rotatable bonds is 4. The van der Waals surface area contributed by atoms with Crippen LogP contribution < -0.4 is 0 Å². The van der Waals surface area contributed by atoms with Crippen molar-refractivity contribution in [3.63, 3.8) is 0 Å². The van der Waals surface area contributed by atoms with E-state index in [2.05, 4.69) is 0 Å². The van der Waals surface area contributed by atoms with E-state index in [-0.39, 0.29) is 23.4 Å². The van der Waals surface area contributed by atoms with Gasteiger partial charge in [0.05, 0.1) is 11.1 Å². The van der Waals surface area contributed by atoms with Gasteiger partial charge < -0.3 is 10.2 Å². The van der Waals surface area contributed by atoms with E-state index in [9.17, 15) is 19.1 Å². The van der Waals surface area contributed by atoms with Gasteiger partial charge in [-0.3, -0.25) is 0 Å². The number of aromatic carboxylic acids is 2. The zero-order valence-electron chi connectivity index (χ0n) is 11.3. The van der Waals surface area contributed by atoms with Crippen LogP contribution >= 0.6 is 0 Å². The lowest BCUT2D eigenvalue weighted by molar-refractivity contribution is 0.0695. The molecule has 0 radical (unpaired) electrons. The SMILES string of the molecule is Cc1c(F)cccc1Cc1ccc(C(=O)O)cc1C(=O)O. The Morgan fingerprint density at radius 1 is 1.05 bits per heavy atom. The van der Waals surface area contributed by atoms with E-state index in [1.54, 1.807) is 19.1 Å². The van der Waals surface area contributed by atoms with E-state index in [0.29, 0.717) is 16.7 Å². The largest absolute Gasteiger partial charge is 0.478 e. The molecule has 2 N–H and O–H groups in total. The highest BCUT2D eigenvalue weighted by molar-refractivity contribution is 5.95. The monoisotopic (exact) mass is 288 g/mol. The highest BCUT2D eigenvalue weighted by Crippen LogP contribution is 2.20. The minimum absolute atomic E-state index is 0.0847. The van der Waals surface area contributed by atoms with E-state index in [1.807, 2.05) is 0 Å². The summed E-state index contributed by atoms with van der Waals surface area (Å²) in [7, 11) is 0. The molecule has 0 aromatic heterocycles. The molecule has 0 bridgehead atoms. The quantitative estimate of drug-likeness (QED) is 0.906. The number of hydrogen-bond donors (Lipinski definition) is 2. The van der Waals surface area contributed by atoms with Crippen molar-refractivity contribution in [2.45, 2.75) is 13.3 Å². The molecule has 0 atom stereocenters. The lowest BCUT2D eigenvalue weighted by Gasteiger charge is -2.10. The fourth-order valence-electron chi connectivity index (χ4n) is 2.11. The highest BCUT2D eigenvalue weighted by atomic mass is 19.1. The van der Waals surface area contributed by atoms with Gasteiger partial charge in [0.15, 0.2) is 0 Å². The van der Waals surface area contributed by atoms with Gasteiger partial charge in [0.25, 0.3) is 0 Å². The van der Waals surface area contributed by atoms with Gasteiger partial charge in [-0.1, -0.05) is 18.2 Å². The molecule has 0 aliphatic carbocycles. The maximum Gasteiger partial charge on any atom is 0.336 e. The molecule has 21 heavy (non-hydrogen) atoms. The number of carboxylic acid groups (broad SMARTS) is 2. The molecule has 0 aliphatic rings. The van der Waals surface area contributed by atoms with Crippen LogP contribution in [-0.4, -0.2) is 22.2 Å². The predicted molar refractivity (Wildman–Crippen MR) is 74.3 cm³/mol. The summed E-state index contributed by atoms with van der Waals surface area (Å²) in [4.78, 5) is 22.2. The summed E-state index contributed by atoms with van der Waals surface area (Å²) in [5.74, 6) is -2.75. The van der Waals surface area contributed by atoms with Crippen molar-refractivity contribution in [2.24, 2.45) is 0 Å². The average Bonchev–Trinajstić information content (AvgIpc) is 2.43. The lowest BCUT2D eigenvalue weighted by Crippen LogP contribution is -2.07. The fraction of sp³-hybridized carbons (Fsp3) is 0.125. The zero-order valence-corrected chi connectivity index (χ0v) is 11.3. The van der Waals surface area contributed by atoms with Crippen LogP contribution in [-0.2, 0) is 6.42 Å². The van der Waals surface area contributed by atoms with Crippen LogP contribution in [0.15, 0.2) is 36.4 Å². The summed E-state index contributed by atoms with van der Waals surface area (Å²) in [5.41, 5.74) is 1.39. The minimum atomic E-state index is -1.21. The zero-order chi connectivity index (χ0) is 15.6. The van der Waals surface area contributed by atoms with E-state index in [0.717, 1.165) is 6.07 Å². The summed E-state index contributed by atoms with van der Waals surface area (Å²) in [6.45, 7) is 1.62. The molecule has 2 aromatic rings. The second kappa shape index (κ2) is 5.75. The first-order chi connectivity index (χ1) is 9.90. The third kappa shape index (κ3) is 3.08. The minimum Gasteiger partial charge on any atom is -0.478 e. The third-order valence-electron chi connectivity index (χ3n) is 3.35.